The number of nitrogens with zero attached hydrogens (tertiary/aromatic N) is 2. The Kier molecular flexibility index (Phi) is 7.88. The maximum Gasteiger partial charge on any atom is 0.227 e. The van der Waals surface area contributed by atoms with Crippen molar-refractivity contribution in [2.45, 2.75) is 19.3 Å². The molecule has 1 aliphatic carbocycles. The summed E-state index contributed by atoms with van der Waals surface area (Å²) < 4.78 is 6.74. The number of aromatic nitrogens is 1. The van der Waals surface area contributed by atoms with Gasteiger partial charge in [-0.25, -0.2) is 4.98 Å². The van der Waals surface area contributed by atoms with Crippen LogP contribution in [0.2, 0.25) is 0 Å². The van der Waals surface area contributed by atoms with Crippen LogP contribution in [0.15, 0.2) is 211 Å². The number of para-hydroxylation sites is 1. The molecule has 0 unspecified atom stereocenters. The Bertz CT molecular complexity index is 3490. The smallest absolute Gasteiger partial charge is 0.227 e. The quantitative estimate of drug-likeness (QED) is 0.157. The van der Waals surface area contributed by atoms with Crippen LogP contribution in [-0.4, -0.2) is 4.98 Å². The number of oxazole rings is 1. The van der Waals surface area contributed by atoms with Crippen LogP contribution < -0.4 is 4.90 Å². The van der Waals surface area contributed by atoms with Crippen molar-refractivity contribution >= 4 is 60.5 Å². The summed E-state index contributed by atoms with van der Waals surface area (Å²) in [6.07, 6.45) is 0. The number of anilines is 3. The van der Waals surface area contributed by atoms with Gasteiger partial charge >= 0.3 is 0 Å². The van der Waals surface area contributed by atoms with E-state index in [1.807, 2.05) is 18.2 Å². The van der Waals surface area contributed by atoms with Crippen molar-refractivity contribution in [3.05, 3.63) is 217 Å². The van der Waals surface area contributed by atoms with E-state index in [-0.39, 0.29) is 5.41 Å². The highest BCUT2D eigenvalue weighted by atomic mass is 16.3. The lowest BCUT2D eigenvalue weighted by atomic mass is 9.80. The first kappa shape index (κ1) is 35.2. The first-order valence-corrected chi connectivity index (χ1v) is 21.0. The Morgan fingerprint density at radius 1 is 0.426 bits per heavy atom. The molecule has 0 aliphatic heterocycles. The maximum absolute atomic E-state index is 6.74. The summed E-state index contributed by atoms with van der Waals surface area (Å²) in [5.41, 5.74) is 15.9. The second-order valence-electron chi connectivity index (χ2n) is 16.7. The van der Waals surface area contributed by atoms with Gasteiger partial charge in [-0.05, 0) is 138 Å². The van der Waals surface area contributed by atoms with Crippen LogP contribution >= 0.6 is 0 Å². The lowest BCUT2D eigenvalue weighted by Crippen LogP contribution is -2.15. The predicted molar refractivity (Wildman–Crippen MR) is 255 cm³/mol. The van der Waals surface area contributed by atoms with Crippen LogP contribution in [0.4, 0.5) is 17.1 Å². The molecule has 61 heavy (non-hydrogen) atoms. The SMILES string of the molecule is CC1(C)c2ccccc2-c2c1cc1ccccc1c2-c1cccc(N(c2ccccc2)c2ccc3c(-c4ccccc4)cc4ccc5nc(-c6ccccc6)oc5c4c3c2)c1. The molecule has 3 nitrogen and oxygen atoms in total. The highest BCUT2D eigenvalue weighted by Gasteiger charge is 2.37. The van der Waals surface area contributed by atoms with Gasteiger partial charge in [-0.2, -0.15) is 0 Å². The Hall–Kier alpha value is -7.75. The van der Waals surface area contributed by atoms with Crippen molar-refractivity contribution in [1.29, 1.82) is 0 Å². The van der Waals surface area contributed by atoms with Crippen molar-refractivity contribution in [3.8, 4) is 44.8 Å². The Labute approximate surface area is 354 Å². The van der Waals surface area contributed by atoms with Crippen LogP contribution in [0.3, 0.4) is 0 Å². The Balaban J connectivity index is 1.11. The van der Waals surface area contributed by atoms with E-state index in [9.17, 15) is 0 Å². The van der Waals surface area contributed by atoms with Gasteiger partial charge in [0.15, 0.2) is 5.58 Å². The van der Waals surface area contributed by atoms with Crippen LogP contribution in [0, 0.1) is 0 Å². The minimum absolute atomic E-state index is 0.123. The highest BCUT2D eigenvalue weighted by Crippen LogP contribution is 2.55. The molecule has 0 amide bonds. The minimum Gasteiger partial charge on any atom is -0.435 e. The van der Waals surface area contributed by atoms with E-state index in [0.29, 0.717) is 5.89 Å². The number of fused-ring (bicyclic) bond motifs is 9. The molecular formula is C58H40N2O. The molecule has 288 valence electrons. The van der Waals surface area contributed by atoms with Gasteiger partial charge in [-0.15, -0.1) is 0 Å². The molecule has 10 aromatic carbocycles. The fourth-order valence-electron chi connectivity index (χ4n) is 9.95. The van der Waals surface area contributed by atoms with Gasteiger partial charge in [0.25, 0.3) is 0 Å². The first-order valence-electron chi connectivity index (χ1n) is 21.0. The first-order chi connectivity index (χ1) is 30.0. The molecule has 1 heterocycles. The van der Waals surface area contributed by atoms with Gasteiger partial charge in [0.05, 0.1) is 0 Å². The third-order valence-electron chi connectivity index (χ3n) is 12.8. The summed E-state index contributed by atoms with van der Waals surface area (Å²) in [7, 11) is 0. The summed E-state index contributed by atoms with van der Waals surface area (Å²) in [6, 6.07) is 74.4. The summed E-state index contributed by atoms with van der Waals surface area (Å²) in [4.78, 5) is 7.40. The van der Waals surface area contributed by atoms with Gasteiger partial charge in [0.1, 0.15) is 5.52 Å². The van der Waals surface area contributed by atoms with E-state index in [1.54, 1.807) is 0 Å². The largest absolute Gasteiger partial charge is 0.435 e. The number of benzene rings is 10. The second kappa shape index (κ2) is 13.7. The third kappa shape index (κ3) is 5.55. The summed E-state index contributed by atoms with van der Waals surface area (Å²) >= 11 is 0. The van der Waals surface area contributed by atoms with Crippen LogP contribution in [0.5, 0.6) is 0 Å². The molecule has 3 heteroatoms. The maximum atomic E-state index is 6.74. The van der Waals surface area contributed by atoms with Crippen LogP contribution in [0.1, 0.15) is 25.0 Å². The van der Waals surface area contributed by atoms with Crippen molar-refractivity contribution in [2.24, 2.45) is 0 Å². The Morgan fingerprint density at radius 2 is 1.10 bits per heavy atom. The average molecular weight is 781 g/mol. The third-order valence-corrected chi connectivity index (χ3v) is 12.8. The molecule has 0 N–H and O–H groups in total. The van der Waals surface area contributed by atoms with Crippen LogP contribution in [-0.2, 0) is 5.41 Å². The lowest BCUT2D eigenvalue weighted by molar-refractivity contribution is 0.623. The molecule has 0 atom stereocenters. The number of hydrogen-bond donors (Lipinski definition) is 0. The average Bonchev–Trinajstić information content (AvgIpc) is 3.85. The summed E-state index contributed by atoms with van der Waals surface area (Å²) in [5, 5.41) is 6.94. The molecule has 12 rings (SSSR count). The van der Waals surface area contributed by atoms with E-state index < -0.39 is 0 Å². The van der Waals surface area contributed by atoms with E-state index in [2.05, 4.69) is 207 Å². The van der Waals surface area contributed by atoms with Crippen molar-refractivity contribution in [2.75, 3.05) is 4.90 Å². The standard InChI is InChI=1S/C58H40N2O/c1-58(2)50-28-15-14-27-47(50)55-51(58)35-39-21-12-13-26-45(39)53(55)40-22-16-25-43(33-40)60(42-23-10-5-11-24-42)44-30-31-46-48(37-17-6-3-7-18-37)34-41-29-32-52-56(54(41)49(46)36-44)61-57(59-52)38-19-8-4-9-20-38/h3-36H,1-2H3. The van der Waals surface area contributed by atoms with Gasteiger partial charge < -0.3 is 9.32 Å². The molecule has 0 saturated heterocycles. The number of rotatable bonds is 6. The molecule has 0 bridgehead atoms. The van der Waals surface area contributed by atoms with Gasteiger partial charge in [0.2, 0.25) is 5.89 Å². The van der Waals surface area contributed by atoms with Crippen molar-refractivity contribution in [3.63, 3.8) is 0 Å². The van der Waals surface area contributed by atoms with E-state index in [4.69, 9.17) is 9.40 Å². The van der Waals surface area contributed by atoms with Crippen molar-refractivity contribution < 1.29 is 4.42 Å². The van der Waals surface area contributed by atoms with E-state index >= 15 is 0 Å². The highest BCUT2D eigenvalue weighted by molar-refractivity contribution is 6.22. The fourth-order valence-corrected chi connectivity index (χ4v) is 9.95. The molecule has 0 saturated carbocycles. The molecule has 0 spiro atoms. The lowest BCUT2D eigenvalue weighted by Gasteiger charge is -2.27. The minimum atomic E-state index is -0.123. The topological polar surface area (TPSA) is 29.3 Å². The fraction of sp³-hybridized carbons (Fsp3) is 0.0517. The molecule has 0 radical (unpaired) electrons. The van der Waals surface area contributed by atoms with E-state index in [1.165, 1.54) is 55.3 Å². The molecular weight excluding hydrogens is 741 g/mol. The van der Waals surface area contributed by atoms with Crippen LogP contribution in [0.25, 0.3) is 88.3 Å². The molecule has 1 aliphatic rings. The summed E-state index contributed by atoms with van der Waals surface area (Å²) in [5.74, 6) is 0.619. The Morgan fingerprint density at radius 3 is 1.92 bits per heavy atom. The predicted octanol–water partition coefficient (Wildman–Crippen LogP) is 16.1. The molecule has 1 aromatic heterocycles. The van der Waals surface area contributed by atoms with Crippen molar-refractivity contribution in [1.82, 2.24) is 4.98 Å². The monoisotopic (exact) mass is 780 g/mol. The zero-order valence-electron chi connectivity index (χ0n) is 33.9. The zero-order valence-corrected chi connectivity index (χ0v) is 33.9. The zero-order chi connectivity index (χ0) is 40.7. The van der Waals surface area contributed by atoms with E-state index in [0.717, 1.165) is 55.3 Å². The normalized spacial score (nSPS) is 12.9. The van der Waals surface area contributed by atoms with Gasteiger partial charge in [0, 0.05) is 33.4 Å². The van der Waals surface area contributed by atoms with Gasteiger partial charge in [-0.1, -0.05) is 153 Å². The molecule has 0 fully saturated rings. The summed E-state index contributed by atoms with van der Waals surface area (Å²) in [6.45, 7) is 4.73. The van der Waals surface area contributed by atoms with Gasteiger partial charge in [-0.3, -0.25) is 0 Å². The second-order valence-corrected chi connectivity index (χ2v) is 16.7. The molecule has 11 aromatic rings. The number of hydrogen-bond acceptors (Lipinski definition) is 3.